The molecule has 0 radical (unpaired) electrons. The van der Waals surface area contributed by atoms with Gasteiger partial charge < -0.3 is 4.55 Å². The fourth-order valence-corrected chi connectivity index (χ4v) is 1.40. The monoisotopic (exact) mass is 232 g/mol. The maximum Gasteiger partial charge on any atom is 1.00 e. The third kappa shape index (κ3) is 3.36. The van der Waals surface area contributed by atoms with Crippen LogP contribution in [0.3, 0.4) is 0 Å². The Morgan fingerprint density at radius 2 is 1.71 bits per heavy atom. The molecule has 7 heteroatoms. The summed E-state index contributed by atoms with van der Waals surface area (Å²) in [4.78, 5) is -0.727. The van der Waals surface area contributed by atoms with Crippen molar-refractivity contribution < 1.29 is 51.5 Å². The molecule has 0 spiro atoms. The average Bonchev–Trinajstić information content (AvgIpc) is 2.03. The molecule has 0 saturated heterocycles. The van der Waals surface area contributed by atoms with E-state index in [1.165, 1.54) is 6.07 Å². The quantitative estimate of drug-likeness (QED) is 0.458. The molecule has 1 atom stereocenters. The minimum absolute atomic E-state index is 0. The summed E-state index contributed by atoms with van der Waals surface area (Å²) in [6.45, 7) is 0. The first-order chi connectivity index (χ1) is 5.93. The molecule has 1 aromatic rings. The Balaban J connectivity index is 0.00000169. The van der Waals surface area contributed by atoms with Crippen molar-refractivity contribution in [2.75, 3.05) is 0 Å². The Bertz CT molecular complexity index is 340. The van der Waals surface area contributed by atoms with Crippen molar-refractivity contribution in [2.45, 2.75) is 11.1 Å². The van der Waals surface area contributed by atoms with Crippen molar-refractivity contribution in [3.8, 4) is 0 Å². The van der Waals surface area contributed by atoms with Crippen LogP contribution in [0.15, 0.2) is 29.2 Å². The first kappa shape index (κ1) is 14.1. The van der Waals surface area contributed by atoms with Gasteiger partial charge in [0.05, 0.1) is 5.56 Å². The predicted octanol–water partition coefficient (Wildman–Crippen LogP) is -1.05. The van der Waals surface area contributed by atoms with E-state index in [1.54, 1.807) is 0 Å². The van der Waals surface area contributed by atoms with E-state index in [4.69, 9.17) is 0 Å². The number of rotatable bonds is 1. The third-order valence-corrected chi connectivity index (χ3v) is 2.09. The topological polar surface area (TPSA) is 40.1 Å². The van der Waals surface area contributed by atoms with Crippen molar-refractivity contribution in [3.63, 3.8) is 0 Å². The zero-order valence-electron chi connectivity index (χ0n) is 7.17. The van der Waals surface area contributed by atoms with E-state index in [0.29, 0.717) is 0 Å². The SMILES string of the molecule is O=S([O-])c1ccccc1C(F)(F)F.[Na+]. The van der Waals surface area contributed by atoms with Crippen LogP contribution in [-0.4, -0.2) is 8.76 Å². The molecule has 0 amide bonds. The van der Waals surface area contributed by atoms with Gasteiger partial charge in [0.25, 0.3) is 0 Å². The number of alkyl halides is 3. The summed E-state index contributed by atoms with van der Waals surface area (Å²) in [5.41, 5.74) is -1.14. The molecule has 1 rings (SSSR count). The van der Waals surface area contributed by atoms with Gasteiger partial charge >= 0.3 is 35.7 Å². The second-order valence-corrected chi connectivity index (χ2v) is 3.14. The summed E-state index contributed by atoms with van der Waals surface area (Å²) in [6, 6.07) is 4.01. The van der Waals surface area contributed by atoms with Crippen molar-refractivity contribution >= 4 is 11.1 Å². The first-order valence-electron chi connectivity index (χ1n) is 3.18. The summed E-state index contributed by atoms with van der Waals surface area (Å²) in [6.07, 6.45) is -4.63. The summed E-state index contributed by atoms with van der Waals surface area (Å²) in [5, 5.41) is 0. The third-order valence-electron chi connectivity index (χ3n) is 1.37. The van der Waals surface area contributed by atoms with Crippen LogP contribution in [0.2, 0.25) is 0 Å². The van der Waals surface area contributed by atoms with Crippen molar-refractivity contribution in [1.29, 1.82) is 0 Å². The van der Waals surface area contributed by atoms with Gasteiger partial charge in [-0.15, -0.1) is 0 Å². The molecule has 2 nitrogen and oxygen atoms in total. The Hall–Kier alpha value is 0.120. The Labute approximate surface area is 103 Å². The van der Waals surface area contributed by atoms with E-state index in [2.05, 4.69) is 0 Å². The van der Waals surface area contributed by atoms with Crippen LogP contribution < -0.4 is 29.6 Å². The number of halogens is 3. The van der Waals surface area contributed by atoms with E-state index in [-0.39, 0.29) is 29.6 Å². The molecular formula is C7H4F3NaO2S. The fourth-order valence-electron chi connectivity index (χ4n) is 0.846. The second kappa shape index (κ2) is 5.27. The van der Waals surface area contributed by atoms with Gasteiger partial charge in [-0.25, -0.2) is 0 Å². The molecule has 0 N–H and O–H groups in total. The molecule has 72 valence electrons. The summed E-state index contributed by atoms with van der Waals surface area (Å²) < 4.78 is 57.1. The predicted molar refractivity (Wildman–Crippen MR) is 38.6 cm³/mol. The molecule has 1 unspecified atom stereocenters. The Morgan fingerprint density at radius 1 is 1.21 bits per heavy atom. The van der Waals surface area contributed by atoms with E-state index in [0.717, 1.165) is 18.2 Å². The van der Waals surface area contributed by atoms with Crippen LogP contribution in [0.1, 0.15) is 5.56 Å². The molecule has 1 aromatic carbocycles. The minimum Gasteiger partial charge on any atom is -0.768 e. The van der Waals surface area contributed by atoms with Crippen molar-refractivity contribution in [2.24, 2.45) is 0 Å². The van der Waals surface area contributed by atoms with Gasteiger partial charge in [-0.1, -0.05) is 12.1 Å². The maximum atomic E-state index is 12.1. The summed E-state index contributed by atoms with van der Waals surface area (Å²) >= 11 is -2.86. The number of hydrogen-bond donors (Lipinski definition) is 0. The molecule has 0 fully saturated rings. The van der Waals surface area contributed by atoms with Crippen LogP contribution in [0, 0.1) is 0 Å². The number of hydrogen-bond acceptors (Lipinski definition) is 2. The smallest absolute Gasteiger partial charge is 0.768 e. The van der Waals surface area contributed by atoms with E-state index < -0.39 is 27.7 Å². The van der Waals surface area contributed by atoms with Gasteiger partial charge in [0.2, 0.25) is 0 Å². The maximum absolute atomic E-state index is 12.1. The Morgan fingerprint density at radius 3 is 2.07 bits per heavy atom. The van der Waals surface area contributed by atoms with Gasteiger partial charge in [-0.05, 0) is 23.2 Å². The van der Waals surface area contributed by atoms with Crippen LogP contribution in [0.5, 0.6) is 0 Å². The Kier molecular flexibility index (Phi) is 5.32. The fraction of sp³-hybridized carbons (Fsp3) is 0.143. The van der Waals surface area contributed by atoms with Crippen LogP contribution >= 0.6 is 0 Å². The second-order valence-electron chi connectivity index (χ2n) is 2.23. The normalized spacial score (nSPS) is 13.1. The average molecular weight is 232 g/mol. The first-order valence-corrected chi connectivity index (χ1v) is 4.26. The van der Waals surface area contributed by atoms with Crippen molar-refractivity contribution in [3.05, 3.63) is 29.8 Å². The zero-order chi connectivity index (χ0) is 10.1. The van der Waals surface area contributed by atoms with Crippen molar-refractivity contribution in [1.82, 2.24) is 0 Å². The van der Waals surface area contributed by atoms with Gasteiger partial charge in [-0.2, -0.15) is 13.2 Å². The van der Waals surface area contributed by atoms with Gasteiger partial charge in [0.15, 0.2) is 0 Å². The molecule has 0 aromatic heterocycles. The van der Waals surface area contributed by atoms with Crippen LogP contribution in [-0.2, 0) is 17.3 Å². The van der Waals surface area contributed by atoms with Gasteiger partial charge in [-0.3, -0.25) is 4.21 Å². The van der Waals surface area contributed by atoms with E-state index in [9.17, 15) is 21.9 Å². The molecule has 0 aliphatic rings. The number of benzene rings is 1. The summed E-state index contributed by atoms with van der Waals surface area (Å²) in [7, 11) is 0. The molecule has 0 heterocycles. The zero-order valence-corrected chi connectivity index (χ0v) is 9.98. The largest absolute Gasteiger partial charge is 1.00 e. The van der Waals surface area contributed by atoms with Crippen LogP contribution in [0.25, 0.3) is 0 Å². The molecule has 0 aliphatic carbocycles. The standard InChI is InChI=1S/C7H5F3O2S.Na/c8-7(9,10)5-3-1-2-4-6(5)13(11)12;/h1-4H,(H,11,12);/q;+1/p-1. The van der Waals surface area contributed by atoms with E-state index in [1.807, 2.05) is 0 Å². The molecule has 0 bridgehead atoms. The van der Waals surface area contributed by atoms with E-state index >= 15 is 0 Å². The molecule has 14 heavy (non-hydrogen) atoms. The van der Waals surface area contributed by atoms with Gasteiger partial charge in [0, 0.05) is 4.90 Å². The minimum atomic E-state index is -4.63. The molecular weight excluding hydrogens is 228 g/mol. The van der Waals surface area contributed by atoms with Crippen LogP contribution in [0.4, 0.5) is 13.2 Å². The van der Waals surface area contributed by atoms with Gasteiger partial charge in [0.1, 0.15) is 0 Å². The molecule has 0 aliphatic heterocycles. The summed E-state index contributed by atoms with van der Waals surface area (Å²) in [5.74, 6) is 0. The molecule has 0 saturated carbocycles.